The molecule has 0 bridgehead atoms. The summed E-state index contributed by atoms with van der Waals surface area (Å²) in [6.45, 7) is 5.71. The Labute approximate surface area is 164 Å². The van der Waals surface area contributed by atoms with Crippen LogP contribution in [0.4, 0.5) is 0 Å². The monoisotopic (exact) mass is 366 g/mol. The van der Waals surface area contributed by atoms with E-state index in [1.165, 1.54) is 60.8 Å². The molecule has 3 rings (SSSR count). The van der Waals surface area contributed by atoms with Crippen molar-refractivity contribution in [3.63, 3.8) is 0 Å². The largest absolute Gasteiger partial charge is 0.368 e. The van der Waals surface area contributed by atoms with Crippen molar-refractivity contribution in [2.75, 3.05) is 13.2 Å². The summed E-state index contributed by atoms with van der Waals surface area (Å²) in [5.74, 6) is 0. The minimum absolute atomic E-state index is 0.0507. The summed E-state index contributed by atoms with van der Waals surface area (Å²) >= 11 is 0. The van der Waals surface area contributed by atoms with Crippen molar-refractivity contribution in [2.24, 2.45) is 0 Å². The van der Waals surface area contributed by atoms with E-state index in [-0.39, 0.29) is 12.2 Å². The predicted molar refractivity (Wildman–Crippen MR) is 112 cm³/mol. The summed E-state index contributed by atoms with van der Waals surface area (Å²) in [5.41, 5.74) is 5.27. The third-order valence-corrected chi connectivity index (χ3v) is 5.46. The first-order chi connectivity index (χ1) is 13.3. The van der Waals surface area contributed by atoms with Crippen LogP contribution in [0.15, 0.2) is 48.5 Å². The van der Waals surface area contributed by atoms with Gasteiger partial charge in [-0.05, 0) is 41.5 Å². The van der Waals surface area contributed by atoms with Crippen molar-refractivity contribution in [3.8, 4) is 0 Å². The topological polar surface area (TPSA) is 18.5 Å². The van der Waals surface area contributed by atoms with Crippen LogP contribution in [0.1, 0.15) is 80.4 Å². The fourth-order valence-electron chi connectivity index (χ4n) is 3.73. The van der Waals surface area contributed by atoms with Gasteiger partial charge in [-0.1, -0.05) is 88.1 Å². The van der Waals surface area contributed by atoms with Crippen LogP contribution in [0, 0.1) is 0 Å². The van der Waals surface area contributed by atoms with Gasteiger partial charge in [0.1, 0.15) is 12.2 Å². The Morgan fingerprint density at radius 2 is 1.15 bits per heavy atom. The Morgan fingerprint density at radius 1 is 0.630 bits per heavy atom. The second kappa shape index (κ2) is 10.6. The second-order valence-corrected chi connectivity index (χ2v) is 7.69. The maximum Gasteiger partial charge on any atom is 0.106 e. The van der Waals surface area contributed by atoms with E-state index in [0.29, 0.717) is 13.2 Å². The third kappa shape index (κ3) is 5.92. The van der Waals surface area contributed by atoms with Crippen molar-refractivity contribution >= 4 is 0 Å². The Balaban J connectivity index is 1.48. The van der Waals surface area contributed by atoms with E-state index < -0.39 is 0 Å². The highest BCUT2D eigenvalue weighted by Gasteiger charge is 2.24. The van der Waals surface area contributed by atoms with E-state index in [1.807, 2.05) is 0 Å². The molecular weight excluding hydrogens is 332 g/mol. The quantitative estimate of drug-likeness (QED) is 0.466. The molecule has 2 heteroatoms. The molecule has 0 radical (unpaired) electrons. The van der Waals surface area contributed by atoms with Gasteiger partial charge in [0, 0.05) is 0 Å². The first-order valence-electron chi connectivity index (χ1n) is 10.7. The van der Waals surface area contributed by atoms with Crippen LogP contribution in [0.3, 0.4) is 0 Å². The zero-order chi connectivity index (χ0) is 18.9. The Morgan fingerprint density at radius 3 is 1.59 bits per heavy atom. The lowest BCUT2D eigenvalue weighted by atomic mass is 10.0. The average Bonchev–Trinajstić information content (AvgIpc) is 2.73. The highest BCUT2D eigenvalue weighted by molar-refractivity contribution is 5.26. The van der Waals surface area contributed by atoms with Gasteiger partial charge in [-0.15, -0.1) is 0 Å². The lowest BCUT2D eigenvalue weighted by molar-refractivity contribution is -0.137. The normalized spacial score (nSPS) is 19.9. The SMILES string of the molecule is CCCCCCc1ccc([C@@H]2CO[C@@H](c3ccc(CCC)cc3)CO2)cc1. The van der Waals surface area contributed by atoms with Crippen molar-refractivity contribution in [2.45, 2.75) is 71.0 Å². The smallest absolute Gasteiger partial charge is 0.106 e. The van der Waals surface area contributed by atoms with Gasteiger partial charge in [-0.3, -0.25) is 0 Å². The Bertz CT molecular complexity index is 652. The van der Waals surface area contributed by atoms with E-state index in [4.69, 9.17) is 9.47 Å². The van der Waals surface area contributed by atoms with Gasteiger partial charge in [0.2, 0.25) is 0 Å². The molecule has 2 aromatic carbocycles. The summed E-state index contributed by atoms with van der Waals surface area (Å²) in [6.07, 6.45) is 8.85. The Kier molecular flexibility index (Phi) is 7.92. The summed E-state index contributed by atoms with van der Waals surface area (Å²) < 4.78 is 12.3. The van der Waals surface area contributed by atoms with E-state index in [1.54, 1.807) is 0 Å². The molecule has 1 saturated heterocycles. The number of hydrogen-bond donors (Lipinski definition) is 0. The zero-order valence-electron chi connectivity index (χ0n) is 17.0. The summed E-state index contributed by atoms with van der Waals surface area (Å²) in [5, 5.41) is 0. The number of rotatable bonds is 9. The molecule has 0 aromatic heterocycles. The molecule has 1 fully saturated rings. The molecule has 0 aliphatic carbocycles. The number of benzene rings is 2. The first-order valence-corrected chi connectivity index (χ1v) is 10.7. The highest BCUT2D eigenvalue weighted by atomic mass is 16.6. The molecule has 0 N–H and O–H groups in total. The summed E-state index contributed by atoms with van der Waals surface area (Å²) in [4.78, 5) is 0. The molecule has 2 aromatic rings. The zero-order valence-corrected chi connectivity index (χ0v) is 17.0. The molecule has 0 amide bonds. The number of ether oxygens (including phenoxy) is 2. The lowest BCUT2D eigenvalue weighted by Gasteiger charge is -2.30. The standard InChI is InChI=1S/C25H34O2/c1-3-5-6-7-9-21-12-16-23(17-13-21)25-19-26-24(18-27-25)22-14-10-20(8-4-2)11-15-22/h10-17,24-25H,3-9,18-19H2,1-2H3/t24-,25+/m1/s1. The van der Waals surface area contributed by atoms with Crippen molar-refractivity contribution in [3.05, 3.63) is 70.8 Å². The highest BCUT2D eigenvalue weighted by Crippen LogP contribution is 2.30. The molecular formula is C25H34O2. The van der Waals surface area contributed by atoms with Gasteiger partial charge >= 0.3 is 0 Å². The molecule has 146 valence electrons. The molecule has 27 heavy (non-hydrogen) atoms. The second-order valence-electron chi connectivity index (χ2n) is 7.69. The molecule has 0 unspecified atom stereocenters. The maximum atomic E-state index is 6.14. The maximum absolute atomic E-state index is 6.14. The predicted octanol–water partition coefficient (Wildman–Crippen LogP) is 6.59. The Hall–Kier alpha value is -1.64. The van der Waals surface area contributed by atoms with Gasteiger partial charge < -0.3 is 9.47 Å². The van der Waals surface area contributed by atoms with E-state index in [9.17, 15) is 0 Å². The fourth-order valence-corrected chi connectivity index (χ4v) is 3.73. The molecule has 1 aliphatic rings. The molecule has 1 heterocycles. The van der Waals surface area contributed by atoms with Crippen LogP contribution >= 0.6 is 0 Å². The van der Waals surface area contributed by atoms with Gasteiger partial charge in [-0.2, -0.15) is 0 Å². The van der Waals surface area contributed by atoms with E-state index >= 15 is 0 Å². The molecule has 2 atom stereocenters. The van der Waals surface area contributed by atoms with Gasteiger partial charge in [-0.25, -0.2) is 0 Å². The van der Waals surface area contributed by atoms with Crippen molar-refractivity contribution in [1.29, 1.82) is 0 Å². The van der Waals surface area contributed by atoms with Gasteiger partial charge in [0.05, 0.1) is 13.2 Å². The average molecular weight is 367 g/mol. The number of hydrogen-bond acceptors (Lipinski definition) is 2. The third-order valence-electron chi connectivity index (χ3n) is 5.46. The van der Waals surface area contributed by atoms with Crippen LogP contribution in [0.25, 0.3) is 0 Å². The first kappa shape index (κ1) is 20.1. The van der Waals surface area contributed by atoms with Crippen LogP contribution < -0.4 is 0 Å². The van der Waals surface area contributed by atoms with Crippen LogP contribution in [0.2, 0.25) is 0 Å². The van der Waals surface area contributed by atoms with Crippen LogP contribution in [-0.4, -0.2) is 13.2 Å². The van der Waals surface area contributed by atoms with Crippen molar-refractivity contribution < 1.29 is 9.47 Å². The van der Waals surface area contributed by atoms with Gasteiger partial charge in [0.15, 0.2) is 0 Å². The summed E-state index contributed by atoms with van der Waals surface area (Å²) in [7, 11) is 0. The van der Waals surface area contributed by atoms with E-state index in [0.717, 1.165) is 6.42 Å². The van der Waals surface area contributed by atoms with E-state index in [2.05, 4.69) is 62.4 Å². The van der Waals surface area contributed by atoms with Crippen LogP contribution in [0.5, 0.6) is 0 Å². The molecule has 0 saturated carbocycles. The summed E-state index contributed by atoms with van der Waals surface area (Å²) in [6, 6.07) is 17.7. The van der Waals surface area contributed by atoms with Crippen LogP contribution in [-0.2, 0) is 22.3 Å². The lowest BCUT2D eigenvalue weighted by Crippen LogP contribution is -2.25. The minimum atomic E-state index is 0.0507. The molecule has 2 nitrogen and oxygen atoms in total. The number of unbranched alkanes of at least 4 members (excludes halogenated alkanes) is 3. The van der Waals surface area contributed by atoms with Gasteiger partial charge in [0.25, 0.3) is 0 Å². The minimum Gasteiger partial charge on any atom is -0.368 e. The fraction of sp³-hybridized carbons (Fsp3) is 0.520. The molecule has 0 spiro atoms. The van der Waals surface area contributed by atoms with Crippen molar-refractivity contribution in [1.82, 2.24) is 0 Å². The molecule has 1 aliphatic heterocycles. The number of aryl methyl sites for hydroxylation is 2.